The molecule has 0 bridgehead atoms. The first-order chi connectivity index (χ1) is 8.84. The molecular weight excluding hydrogens is 226 g/mol. The van der Waals surface area contributed by atoms with Gasteiger partial charge < -0.3 is 5.11 Å². The van der Waals surface area contributed by atoms with E-state index in [1.165, 1.54) is 6.33 Å². The molecule has 0 unspecified atom stereocenters. The van der Waals surface area contributed by atoms with Gasteiger partial charge in [0.05, 0.1) is 5.52 Å². The molecular formula is C14H9N3O. The maximum absolute atomic E-state index is 9.64. The molecule has 4 rings (SSSR count). The van der Waals surface area contributed by atoms with Gasteiger partial charge in [0.25, 0.3) is 0 Å². The van der Waals surface area contributed by atoms with Crippen LogP contribution < -0.4 is 0 Å². The van der Waals surface area contributed by atoms with Crippen LogP contribution >= 0.6 is 0 Å². The first kappa shape index (κ1) is 9.41. The van der Waals surface area contributed by atoms with Crippen LogP contribution in [0.4, 0.5) is 0 Å². The summed E-state index contributed by atoms with van der Waals surface area (Å²) in [6.07, 6.45) is 1.53. The summed E-state index contributed by atoms with van der Waals surface area (Å²) in [4.78, 5) is 4.28. The lowest BCUT2D eigenvalue weighted by molar-refractivity contribution is 0.476. The van der Waals surface area contributed by atoms with Crippen molar-refractivity contribution < 1.29 is 5.11 Å². The van der Waals surface area contributed by atoms with Crippen LogP contribution in [-0.4, -0.2) is 19.7 Å². The van der Waals surface area contributed by atoms with Crippen LogP contribution in [0, 0.1) is 0 Å². The highest BCUT2D eigenvalue weighted by Crippen LogP contribution is 2.30. The predicted octanol–water partition coefficient (Wildman–Crippen LogP) is 2.74. The van der Waals surface area contributed by atoms with E-state index in [1.54, 1.807) is 16.6 Å². The van der Waals surface area contributed by atoms with E-state index >= 15 is 0 Å². The molecule has 4 aromatic rings. The molecule has 2 aromatic heterocycles. The van der Waals surface area contributed by atoms with Crippen molar-refractivity contribution in [3.8, 4) is 5.75 Å². The normalized spacial score (nSPS) is 11.6. The molecule has 0 radical (unpaired) electrons. The second kappa shape index (κ2) is 3.20. The highest BCUT2D eigenvalue weighted by atomic mass is 16.3. The summed E-state index contributed by atoms with van der Waals surface area (Å²) in [5.74, 6) is 0.239. The maximum Gasteiger partial charge on any atom is 0.163 e. The molecule has 0 aliphatic heterocycles. The van der Waals surface area contributed by atoms with Crippen molar-refractivity contribution in [2.75, 3.05) is 0 Å². The van der Waals surface area contributed by atoms with E-state index in [1.807, 2.05) is 24.3 Å². The SMILES string of the molecule is Oc1ccc2c3ccccc3n3ncnc3c2c1. The third kappa shape index (κ3) is 1.09. The monoisotopic (exact) mass is 235 g/mol. The van der Waals surface area contributed by atoms with Gasteiger partial charge in [-0.25, -0.2) is 9.50 Å². The van der Waals surface area contributed by atoms with E-state index in [-0.39, 0.29) is 5.75 Å². The van der Waals surface area contributed by atoms with E-state index in [0.717, 1.165) is 27.3 Å². The van der Waals surface area contributed by atoms with Crippen LogP contribution in [0.2, 0.25) is 0 Å². The zero-order chi connectivity index (χ0) is 12.1. The fraction of sp³-hybridized carbons (Fsp3) is 0. The van der Waals surface area contributed by atoms with Crippen molar-refractivity contribution in [1.29, 1.82) is 0 Å². The molecule has 0 fully saturated rings. The van der Waals surface area contributed by atoms with E-state index in [2.05, 4.69) is 16.1 Å². The van der Waals surface area contributed by atoms with Gasteiger partial charge in [0.2, 0.25) is 0 Å². The Bertz CT molecular complexity index is 895. The molecule has 0 atom stereocenters. The summed E-state index contributed by atoms with van der Waals surface area (Å²) in [6.45, 7) is 0. The van der Waals surface area contributed by atoms with Gasteiger partial charge in [-0.2, -0.15) is 5.10 Å². The number of nitrogens with zero attached hydrogens (tertiary/aromatic N) is 3. The first-order valence-corrected chi connectivity index (χ1v) is 5.68. The van der Waals surface area contributed by atoms with Gasteiger partial charge in [-0.3, -0.25) is 0 Å². The number of rotatable bonds is 0. The van der Waals surface area contributed by atoms with Gasteiger partial charge in [0.1, 0.15) is 12.1 Å². The molecule has 18 heavy (non-hydrogen) atoms. The molecule has 4 nitrogen and oxygen atoms in total. The molecule has 2 aromatic carbocycles. The zero-order valence-electron chi connectivity index (χ0n) is 9.41. The average molecular weight is 235 g/mol. The summed E-state index contributed by atoms with van der Waals surface area (Å²) in [5, 5.41) is 17.0. The molecule has 0 saturated carbocycles. The van der Waals surface area contributed by atoms with Gasteiger partial charge in [-0.1, -0.05) is 18.2 Å². The number of aromatic nitrogens is 3. The first-order valence-electron chi connectivity index (χ1n) is 5.68. The molecule has 2 heterocycles. The van der Waals surface area contributed by atoms with Gasteiger partial charge in [-0.05, 0) is 29.7 Å². The number of aromatic hydroxyl groups is 1. The second-order valence-electron chi connectivity index (χ2n) is 4.24. The van der Waals surface area contributed by atoms with E-state index in [9.17, 15) is 5.11 Å². The molecule has 0 amide bonds. The van der Waals surface area contributed by atoms with E-state index in [4.69, 9.17) is 0 Å². The number of phenolic OH excluding ortho intramolecular Hbond substituents is 1. The minimum atomic E-state index is 0.239. The van der Waals surface area contributed by atoms with Gasteiger partial charge in [-0.15, -0.1) is 0 Å². The lowest BCUT2D eigenvalue weighted by atomic mass is 10.1. The van der Waals surface area contributed by atoms with Crippen LogP contribution in [-0.2, 0) is 0 Å². The van der Waals surface area contributed by atoms with E-state index in [0.29, 0.717) is 0 Å². The zero-order valence-corrected chi connectivity index (χ0v) is 9.41. The Balaban J connectivity index is 2.44. The second-order valence-corrected chi connectivity index (χ2v) is 4.24. The lowest BCUT2D eigenvalue weighted by Crippen LogP contribution is -1.92. The minimum absolute atomic E-state index is 0.239. The van der Waals surface area contributed by atoms with Crippen molar-refractivity contribution in [2.24, 2.45) is 0 Å². The Kier molecular flexibility index (Phi) is 1.67. The number of fused-ring (bicyclic) bond motifs is 6. The molecule has 86 valence electrons. The Morgan fingerprint density at radius 1 is 0.944 bits per heavy atom. The Labute approximate surface area is 102 Å². The van der Waals surface area contributed by atoms with E-state index < -0.39 is 0 Å². The third-order valence-electron chi connectivity index (χ3n) is 3.21. The molecule has 0 aliphatic rings. The predicted molar refractivity (Wildman–Crippen MR) is 69.7 cm³/mol. The topological polar surface area (TPSA) is 50.4 Å². The van der Waals surface area contributed by atoms with Crippen LogP contribution in [0.1, 0.15) is 0 Å². The average Bonchev–Trinajstić information content (AvgIpc) is 2.88. The number of phenols is 1. The van der Waals surface area contributed by atoms with Crippen LogP contribution in [0.15, 0.2) is 48.8 Å². The molecule has 1 N–H and O–H groups in total. The molecule has 4 heteroatoms. The van der Waals surface area contributed by atoms with Crippen molar-refractivity contribution in [1.82, 2.24) is 14.6 Å². The summed E-state index contributed by atoms with van der Waals surface area (Å²) < 4.78 is 1.80. The molecule has 0 saturated heterocycles. The summed E-state index contributed by atoms with van der Waals surface area (Å²) in [5.41, 5.74) is 1.78. The number of para-hydroxylation sites is 1. The van der Waals surface area contributed by atoms with Crippen molar-refractivity contribution >= 4 is 27.3 Å². The van der Waals surface area contributed by atoms with Gasteiger partial charge in [0, 0.05) is 10.8 Å². The van der Waals surface area contributed by atoms with Crippen molar-refractivity contribution in [3.05, 3.63) is 48.8 Å². The van der Waals surface area contributed by atoms with Gasteiger partial charge in [0.15, 0.2) is 5.65 Å². The lowest BCUT2D eigenvalue weighted by Gasteiger charge is -2.06. The summed E-state index contributed by atoms with van der Waals surface area (Å²) in [6, 6.07) is 13.4. The fourth-order valence-corrected chi connectivity index (χ4v) is 2.44. The maximum atomic E-state index is 9.64. The fourth-order valence-electron chi connectivity index (χ4n) is 2.44. The quantitative estimate of drug-likeness (QED) is 0.477. The van der Waals surface area contributed by atoms with Gasteiger partial charge >= 0.3 is 0 Å². The molecule has 0 aliphatic carbocycles. The standard InChI is InChI=1S/C14H9N3O/c18-9-5-6-10-11-3-1-2-4-13(11)17-14(12(10)7-9)15-8-16-17/h1-8,18H. The smallest absolute Gasteiger partial charge is 0.163 e. The Morgan fingerprint density at radius 3 is 2.78 bits per heavy atom. The van der Waals surface area contributed by atoms with Crippen LogP contribution in [0.25, 0.3) is 27.3 Å². The minimum Gasteiger partial charge on any atom is -0.508 e. The summed E-state index contributed by atoms with van der Waals surface area (Å²) >= 11 is 0. The largest absolute Gasteiger partial charge is 0.508 e. The van der Waals surface area contributed by atoms with Crippen molar-refractivity contribution in [2.45, 2.75) is 0 Å². The van der Waals surface area contributed by atoms with Crippen LogP contribution in [0.3, 0.4) is 0 Å². The highest BCUT2D eigenvalue weighted by Gasteiger charge is 2.09. The number of pyridine rings is 1. The Morgan fingerprint density at radius 2 is 1.83 bits per heavy atom. The Hall–Kier alpha value is -2.62. The number of benzene rings is 2. The van der Waals surface area contributed by atoms with Crippen LogP contribution in [0.5, 0.6) is 5.75 Å². The van der Waals surface area contributed by atoms with Crippen molar-refractivity contribution in [3.63, 3.8) is 0 Å². The highest BCUT2D eigenvalue weighted by molar-refractivity contribution is 6.11. The molecule has 0 spiro atoms. The third-order valence-corrected chi connectivity index (χ3v) is 3.21. The number of hydrogen-bond acceptors (Lipinski definition) is 3. The summed E-state index contributed by atoms with van der Waals surface area (Å²) in [7, 11) is 0. The number of hydrogen-bond donors (Lipinski definition) is 1.